The van der Waals surface area contributed by atoms with Gasteiger partial charge in [-0.3, -0.25) is 4.79 Å². The maximum absolute atomic E-state index is 11.5. The van der Waals surface area contributed by atoms with Gasteiger partial charge < -0.3 is 10.1 Å². The number of rotatable bonds is 5. The van der Waals surface area contributed by atoms with Gasteiger partial charge in [0.05, 0.1) is 6.61 Å². The number of carbonyl (C=O) groups excluding carboxylic acids is 1. The SMILES string of the molecule is CCOC(=O)C(C)NC1CCCCC1CC. The molecule has 1 rings (SSSR count). The third kappa shape index (κ3) is 3.78. The van der Waals surface area contributed by atoms with E-state index in [-0.39, 0.29) is 12.0 Å². The Morgan fingerprint density at radius 2 is 2.06 bits per heavy atom. The summed E-state index contributed by atoms with van der Waals surface area (Å²) < 4.78 is 5.01. The van der Waals surface area contributed by atoms with E-state index in [1.165, 1.54) is 32.1 Å². The van der Waals surface area contributed by atoms with Gasteiger partial charge in [-0.25, -0.2) is 0 Å². The van der Waals surface area contributed by atoms with Gasteiger partial charge in [0.2, 0.25) is 0 Å². The minimum absolute atomic E-state index is 0.122. The molecule has 0 aromatic carbocycles. The first kappa shape index (κ1) is 13.5. The average molecular weight is 227 g/mol. The Balaban J connectivity index is 2.41. The molecule has 3 unspecified atom stereocenters. The van der Waals surface area contributed by atoms with Gasteiger partial charge in [0.25, 0.3) is 0 Å². The van der Waals surface area contributed by atoms with E-state index in [1.807, 2.05) is 13.8 Å². The molecule has 0 aromatic rings. The third-order valence-electron chi connectivity index (χ3n) is 3.54. The molecule has 0 aliphatic heterocycles. The summed E-state index contributed by atoms with van der Waals surface area (Å²) in [6.07, 6.45) is 6.31. The van der Waals surface area contributed by atoms with E-state index >= 15 is 0 Å². The topological polar surface area (TPSA) is 38.3 Å². The molecule has 3 nitrogen and oxygen atoms in total. The van der Waals surface area contributed by atoms with Gasteiger partial charge in [-0.05, 0) is 32.6 Å². The van der Waals surface area contributed by atoms with E-state index in [2.05, 4.69) is 12.2 Å². The Labute approximate surface area is 98.9 Å². The Morgan fingerprint density at radius 3 is 2.69 bits per heavy atom. The summed E-state index contributed by atoms with van der Waals surface area (Å²) in [4.78, 5) is 11.5. The normalized spacial score (nSPS) is 27.4. The summed E-state index contributed by atoms with van der Waals surface area (Å²) in [5, 5.41) is 3.43. The van der Waals surface area contributed by atoms with E-state index < -0.39 is 0 Å². The lowest BCUT2D eigenvalue weighted by molar-refractivity contribution is -0.145. The van der Waals surface area contributed by atoms with Crippen molar-refractivity contribution in [1.29, 1.82) is 0 Å². The molecule has 1 N–H and O–H groups in total. The molecule has 1 aliphatic carbocycles. The minimum Gasteiger partial charge on any atom is -0.465 e. The summed E-state index contributed by atoms with van der Waals surface area (Å²) >= 11 is 0. The fourth-order valence-corrected chi connectivity index (χ4v) is 2.57. The number of hydrogen-bond donors (Lipinski definition) is 1. The highest BCUT2D eigenvalue weighted by molar-refractivity contribution is 5.75. The van der Waals surface area contributed by atoms with Crippen molar-refractivity contribution in [2.24, 2.45) is 5.92 Å². The average Bonchev–Trinajstić information content (AvgIpc) is 2.30. The molecule has 1 saturated carbocycles. The molecule has 3 heteroatoms. The molecule has 1 fully saturated rings. The molecule has 0 heterocycles. The standard InChI is InChI=1S/C13H25NO2/c1-4-11-8-6-7-9-12(11)14-10(3)13(15)16-5-2/h10-12,14H,4-9H2,1-3H3. The van der Waals surface area contributed by atoms with Gasteiger partial charge in [-0.15, -0.1) is 0 Å². The first-order valence-electron chi connectivity index (χ1n) is 6.61. The zero-order valence-corrected chi connectivity index (χ0v) is 10.8. The summed E-state index contributed by atoms with van der Waals surface area (Å²) in [7, 11) is 0. The molecule has 0 radical (unpaired) electrons. The van der Waals surface area contributed by atoms with Crippen LogP contribution in [0, 0.1) is 5.92 Å². The van der Waals surface area contributed by atoms with Gasteiger partial charge in [0, 0.05) is 6.04 Å². The van der Waals surface area contributed by atoms with Crippen molar-refractivity contribution in [2.75, 3.05) is 6.61 Å². The van der Waals surface area contributed by atoms with E-state index in [9.17, 15) is 4.79 Å². The molecule has 16 heavy (non-hydrogen) atoms. The smallest absolute Gasteiger partial charge is 0.322 e. The van der Waals surface area contributed by atoms with Gasteiger partial charge >= 0.3 is 5.97 Å². The number of esters is 1. The molecule has 0 aromatic heterocycles. The maximum Gasteiger partial charge on any atom is 0.322 e. The maximum atomic E-state index is 11.5. The van der Waals surface area contributed by atoms with Gasteiger partial charge in [-0.2, -0.15) is 0 Å². The highest BCUT2D eigenvalue weighted by Gasteiger charge is 2.26. The van der Waals surface area contributed by atoms with Crippen LogP contribution in [0.1, 0.15) is 52.9 Å². The van der Waals surface area contributed by atoms with Crippen LogP contribution in [-0.4, -0.2) is 24.7 Å². The number of nitrogens with one attached hydrogen (secondary N) is 1. The lowest BCUT2D eigenvalue weighted by Gasteiger charge is -2.33. The second-order valence-electron chi connectivity index (χ2n) is 4.70. The predicted molar refractivity (Wildman–Crippen MR) is 65.3 cm³/mol. The van der Waals surface area contributed by atoms with Crippen LogP contribution in [0.25, 0.3) is 0 Å². The van der Waals surface area contributed by atoms with Crippen molar-refractivity contribution in [1.82, 2.24) is 5.32 Å². The molecular formula is C13H25NO2. The second-order valence-corrected chi connectivity index (χ2v) is 4.70. The second kappa shape index (κ2) is 6.89. The van der Waals surface area contributed by atoms with E-state index in [1.54, 1.807) is 0 Å². The molecular weight excluding hydrogens is 202 g/mol. The summed E-state index contributed by atoms with van der Waals surface area (Å²) in [5.74, 6) is 0.605. The first-order chi connectivity index (χ1) is 7.69. The Bertz CT molecular complexity index is 218. The minimum atomic E-state index is -0.169. The molecule has 0 spiro atoms. The largest absolute Gasteiger partial charge is 0.465 e. The predicted octanol–water partition coefficient (Wildman–Crippen LogP) is 2.50. The van der Waals surface area contributed by atoms with Crippen LogP contribution in [0.5, 0.6) is 0 Å². The zero-order chi connectivity index (χ0) is 12.0. The summed E-state index contributed by atoms with van der Waals surface area (Å²) in [5.41, 5.74) is 0. The fourth-order valence-electron chi connectivity index (χ4n) is 2.57. The van der Waals surface area contributed by atoms with Gasteiger partial charge in [-0.1, -0.05) is 26.2 Å². The Hall–Kier alpha value is -0.570. The van der Waals surface area contributed by atoms with Crippen LogP contribution in [0.15, 0.2) is 0 Å². The quantitative estimate of drug-likeness (QED) is 0.733. The lowest BCUT2D eigenvalue weighted by atomic mass is 9.82. The van der Waals surface area contributed by atoms with Crippen LogP contribution in [0.2, 0.25) is 0 Å². The van der Waals surface area contributed by atoms with Crippen molar-refractivity contribution < 1.29 is 9.53 Å². The fraction of sp³-hybridized carbons (Fsp3) is 0.923. The molecule has 0 saturated heterocycles. The van der Waals surface area contributed by atoms with Crippen LogP contribution < -0.4 is 5.32 Å². The summed E-state index contributed by atoms with van der Waals surface area (Å²) in [6, 6.07) is 0.329. The van der Waals surface area contributed by atoms with E-state index in [0.717, 1.165) is 5.92 Å². The number of carbonyl (C=O) groups is 1. The molecule has 0 amide bonds. The van der Waals surface area contributed by atoms with Crippen LogP contribution in [-0.2, 0) is 9.53 Å². The van der Waals surface area contributed by atoms with Crippen molar-refractivity contribution in [3.63, 3.8) is 0 Å². The first-order valence-corrected chi connectivity index (χ1v) is 6.61. The van der Waals surface area contributed by atoms with E-state index in [0.29, 0.717) is 12.6 Å². The van der Waals surface area contributed by atoms with Crippen molar-refractivity contribution in [3.8, 4) is 0 Å². The van der Waals surface area contributed by atoms with Crippen molar-refractivity contribution in [2.45, 2.75) is 65.0 Å². The van der Waals surface area contributed by atoms with Crippen molar-refractivity contribution in [3.05, 3.63) is 0 Å². The van der Waals surface area contributed by atoms with Crippen LogP contribution in [0.3, 0.4) is 0 Å². The monoisotopic (exact) mass is 227 g/mol. The Kier molecular flexibility index (Phi) is 5.81. The number of ether oxygens (including phenoxy) is 1. The molecule has 0 bridgehead atoms. The molecule has 1 aliphatic rings. The van der Waals surface area contributed by atoms with Crippen LogP contribution in [0.4, 0.5) is 0 Å². The van der Waals surface area contributed by atoms with Crippen LogP contribution >= 0.6 is 0 Å². The molecule has 3 atom stereocenters. The van der Waals surface area contributed by atoms with Gasteiger partial charge in [0.15, 0.2) is 0 Å². The lowest BCUT2D eigenvalue weighted by Crippen LogP contribution is -2.46. The summed E-state index contributed by atoms with van der Waals surface area (Å²) in [6.45, 7) is 6.45. The van der Waals surface area contributed by atoms with Gasteiger partial charge in [0.1, 0.15) is 6.04 Å². The highest BCUT2D eigenvalue weighted by atomic mass is 16.5. The van der Waals surface area contributed by atoms with E-state index in [4.69, 9.17) is 4.74 Å². The Morgan fingerprint density at radius 1 is 1.38 bits per heavy atom. The third-order valence-corrected chi connectivity index (χ3v) is 3.54. The zero-order valence-electron chi connectivity index (χ0n) is 10.8. The van der Waals surface area contributed by atoms with Crippen molar-refractivity contribution >= 4 is 5.97 Å². The number of hydrogen-bond acceptors (Lipinski definition) is 3. The molecule has 94 valence electrons. The highest BCUT2D eigenvalue weighted by Crippen LogP contribution is 2.27.